The van der Waals surface area contributed by atoms with Crippen LogP contribution in [0, 0.1) is 10.1 Å². The number of nitro benzene ring substituents is 1. The Balaban J connectivity index is 2.62. The van der Waals surface area contributed by atoms with Gasteiger partial charge in [0.05, 0.1) is 4.92 Å². The molecule has 18 heavy (non-hydrogen) atoms. The van der Waals surface area contributed by atoms with Crippen molar-refractivity contribution in [1.29, 1.82) is 0 Å². The van der Waals surface area contributed by atoms with Crippen molar-refractivity contribution in [2.75, 3.05) is 0 Å². The summed E-state index contributed by atoms with van der Waals surface area (Å²) in [5.74, 6) is 0. The summed E-state index contributed by atoms with van der Waals surface area (Å²) < 4.78 is 0. The molecule has 9 nitrogen and oxygen atoms in total. The fourth-order valence-corrected chi connectivity index (χ4v) is 1.06. The highest BCUT2D eigenvalue weighted by Crippen LogP contribution is 2.12. The number of amides is 2. The second-order valence-electron chi connectivity index (χ2n) is 3.09. The number of benzene rings is 1. The van der Waals surface area contributed by atoms with Crippen LogP contribution in [0.5, 0.6) is 0 Å². The number of rotatable bonds is 5. The Morgan fingerprint density at radius 3 is 2.61 bits per heavy atom. The van der Waals surface area contributed by atoms with E-state index in [4.69, 9.17) is 15.8 Å². The highest BCUT2D eigenvalue weighted by molar-refractivity contribution is 5.83. The van der Waals surface area contributed by atoms with E-state index in [1.807, 2.05) is 0 Å². The number of hydrogen-bond acceptors (Lipinski definition) is 6. The minimum atomic E-state index is -0.963. The van der Waals surface area contributed by atoms with E-state index in [2.05, 4.69) is 5.16 Å². The van der Waals surface area contributed by atoms with Gasteiger partial charge in [0.15, 0.2) is 6.34 Å². The number of urea groups is 1. The molecule has 0 saturated heterocycles. The van der Waals surface area contributed by atoms with Crippen LogP contribution in [0.25, 0.3) is 0 Å². The minimum absolute atomic E-state index is 0.0533. The fourth-order valence-electron chi connectivity index (χ4n) is 1.06. The van der Waals surface area contributed by atoms with Crippen LogP contribution in [0.3, 0.4) is 0 Å². The average molecular weight is 254 g/mol. The molecule has 0 saturated carbocycles. The lowest BCUT2D eigenvalue weighted by Crippen LogP contribution is -2.34. The number of carbonyl (C=O) groups is 1. The maximum atomic E-state index is 10.8. The van der Waals surface area contributed by atoms with Crippen molar-refractivity contribution >= 4 is 18.1 Å². The van der Waals surface area contributed by atoms with Crippen LogP contribution in [0.15, 0.2) is 29.4 Å². The second-order valence-corrected chi connectivity index (χ2v) is 3.09. The molecular weight excluding hydrogens is 244 g/mol. The first-order chi connectivity index (χ1) is 8.54. The predicted octanol–water partition coefficient (Wildman–Crippen LogP) is 0.825. The minimum Gasteiger partial charge on any atom is -0.410 e. The number of oxime groups is 1. The van der Waals surface area contributed by atoms with Crippen molar-refractivity contribution < 1.29 is 19.8 Å². The Bertz CT molecular complexity index is 459. The molecule has 0 aromatic heterocycles. The predicted molar refractivity (Wildman–Crippen MR) is 59.6 cm³/mol. The molecule has 0 bridgehead atoms. The summed E-state index contributed by atoms with van der Waals surface area (Å²) in [6.45, 7) is -0.0625. The van der Waals surface area contributed by atoms with Crippen LogP contribution in [0.4, 0.5) is 10.5 Å². The zero-order valence-corrected chi connectivity index (χ0v) is 9.09. The third kappa shape index (κ3) is 3.72. The van der Waals surface area contributed by atoms with Crippen LogP contribution < -0.4 is 5.73 Å². The molecule has 2 amide bonds. The molecule has 0 spiro atoms. The molecule has 9 heteroatoms. The number of nitrogens with zero attached hydrogens (tertiary/aromatic N) is 3. The summed E-state index contributed by atoms with van der Waals surface area (Å²) in [6, 6.07) is 4.57. The first-order valence-corrected chi connectivity index (χ1v) is 4.67. The van der Waals surface area contributed by atoms with E-state index in [-0.39, 0.29) is 12.3 Å². The van der Waals surface area contributed by atoms with Crippen molar-refractivity contribution in [2.45, 2.75) is 6.61 Å². The normalized spacial score (nSPS) is 10.4. The summed E-state index contributed by atoms with van der Waals surface area (Å²) in [5, 5.41) is 21.8. The Kier molecular flexibility index (Phi) is 4.58. The van der Waals surface area contributed by atoms with Gasteiger partial charge < -0.3 is 10.9 Å². The largest absolute Gasteiger partial charge is 0.410 e. The van der Waals surface area contributed by atoms with Gasteiger partial charge in [-0.3, -0.25) is 15.0 Å². The Labute approximate surface area is 101 Å². The molecule has 3 N–H and O–H groups in total. The highest BCUT2D eigenvalue weighted by Gasteiger charge is 2.09. The fraction of sp³-hybridized carbons (Fsp3) is 0.111. The van der Waals surface area contributed by atoms with Crippen LogP contribution >= 0.6 is 0 Å². The molecule has 0 radical (unpaired) electrons. The Hall–Kier alpha value is -2.68. The van der Waals surface area contributed by atoms with Gasteiger partial charge in [-0.1, -0.05) is 5.16 Å². The summed E-state index contributed by atoms with van der Waals surface area (Å²) in [4.78, 5) is 25.6. The number of hydrogen-bond donors (Lipinski definition) is 2. The summed E-state index contributed by atoms with van der Waals surface area (Å²) in [5.41, 5.74) is 5.45. The van der Waals surface area contributed by atoms with E-state index in [9.17, 15) is 14.9 Å². The average Bonchev–Trinajstić information content (AvgIpc) is 2.34. The lowest BCUT2D eigenvalue weighted by Gasteiger charge is -2.13. The van der Waals surface area contributed by atoms with Crippen molar-refractivity contribution in [3.8, 4) is 0 Å². The van der Waals surface area contributed by atoms with Gasteiger partial charge in [-0.15, -0.1) is 0 Å². The second kappa shape index (κ2) is 6.15. The lowest BCUT2D eigenvalue weighted by atomic mass is 10.2. The third-order valence-corrected chi connectivity index (χ3v) is 1.89. The van der Waals surface area contributed by atoms with Crippen LogP contribution in [0.2, 0.25) is 0 Å². The van der Waals surface area contributed by atoms with E-state index in [0.29, 0.717) is 17.0 Å². The number of non-ortho nitro benzene ring substituents is 1. The number of primary amides is 1. The molecule has 0 aliphatic rings. The molecule has 0 atom stereocenters. The number of hydroxylamine groups is 2. The molecule has 0 aliphatic carbocycles. The summed E-state index contributed by atoms with van der Waals surface area (Å²) in [7, 11) is 0. The van der Waals surface area contributed by atoms with Gasteiger partial charge in [0.25, 0.3) is 5.69 Å². The summed E-state index contributed by atoms with van der Waals surface area (Å²) >= 11 is 0. The van der Waals surface area contributed by atoms with Crippen molar-refractivity contribution in [3.63, 3.8) is 0 Å². The molecule has 0 fully saturated rings. The van der Waals surface area contributed by atoms with E-state index in [1.54, 1.807) is 0 Å². The van der Waals surface area contributed by atoms with Gasteiger partial charge in [-0.25, -0.2) is 4.79 Å². The quantitative estimate of drug-likeness (QED) is 0.264. The molecule has 0 unspecified atom stereocenters. The van der Waals surface area contributed by atoms with E-state index in [0.717, 1.165) is 0 Å². The van der Waals surface area contributed by atoms with E-state index < -0.39 is 11.0 Å². The Morgan fingerprint density at radius 2 is 2.17 bits per heavy atom. The van der Waals surface area contributed by atoms with E-state index in [1.165, 1.54) is 24.3 Å². The smallest absolute Gasteiger partial charge is 0.344 e. The summed E-state index contributed by atoms with van der Waals surface area (Å²) in [6.07, 6.45) is 0.688. The molecule has 1 aromatic rings. The van der Waals surface area contributed by atoms with Crippen LogP contribution in [-0.2, 0) is 11.4 Å². The van der Waals surface area contributed by atoms with Crippen LogP contribution in [0.1, 0.15) is 5.56 Å². The highest BCUT2D eigenvalue weighted by atomic mass is 16.7. The zero-order chi connectivity index (χ0) is 13.5. The molecule has 96 valence electrons. The van der Waals surface area contributed by atoms with E-state index >= 15 is 0 Å². The van der Waals surface area contributed by atoms with Gasteiger partial charge in [-0.05, 0) is 17.7 Å². The van der Waals surface area contributed by atoms with Crippen molar-refractivity contribution in [2.24, 2.45) is 10.9 Å². The number of carbonyl (C=O) groups excluding carboxylic acids is 1. The van der Waals surface area contributed by atoms with Gasteiger partial charge in [-0.2, -0.15) is 5.06 Å². The number of nitrogens with two attached hydrogens (primary N) is 1. The van der Waals surface area contributed by atoms with Crippen molar-refractivity contribution in [1.82, 2.24) is 5.06 Å². The van der Waals surface area contributed by atoms with Gasteiger partial charge >= 0.3 is 6.03 Å². The standard InChI is InChI=1S/C9H10N4O5/c10-9(14)12(6-11-15)18-5-7-1-3-8(4-2-7)13(16)17/h1-4,6,15H,5H2,(H2,10,14). The SMILES string of the molecule is NC(=O)N(C=NO)OCc1ccc([N+](=O)[O-])cc1. The molecule has 1 aromatic carbocycles. The molecular formula is C9H10N4O5. The van der Waals surface area contributed by atoms with Crippen molar-refractivity contribution in [3.05, 3.63) is 39.9 Å². The van der Waals surface area contributed by atoms with Crippen LogP contribution in [-0.4, -0.2) is 27.6 Å². The zero-order valence-electron chi connectivity index (χ0n) is 9.09. The lowest BCUT2D eigenvalue weighted by molar-refractivity contribution is -0.384. The monoisotopic (exact) mass is 254 g/mol. The van der Waals surface area contributed by atoms with Gasteiger partial charge in [0.2, 0.25) is 0 Å². The molecule has 1 rings (SSSR count). The maximum Gasteiger partial charge on any atom is 0.344 e. The van der Waals surface area contributed by atoms with Gasteiger partial charge in [0.1, 0.15) is 6.61 Å². The molecule has 0 heterocycles. The number of nitro groups is 1. The van der Waals surface area contributed by atoms with Gasteiger partial charge in [0, 0.05) is 12.1 Å². The third-order valence-electron chi connectivity index (χ3n) is 1.89. The maximum absolute atomic E-state index is 10.8. The first-order valence-electron chi connectivity index (χ1n) is 4.67. The molecule has 0 aliphatic heterocycles. The topological polar surface area (TPSA) is 131 Å². The Morgan fingerprint density at radius 1 is 1.56 bits per heavy atom. The first kappa shape index (κ1) is 13.4.